The second kappa shape index (κ2) is 6.62. The van der Waals surface area contributed by atoms with Crippen LogP contribution in [0, 0.1) is 6.92 Å². The van der Waals surface area contributed by atoms with E-state index in [1.165, 1.54) is 11.1 Å². The summed E-state index contributed by atoms with van der Waals surface area (Å²) in [5.74, 6) is 0.901. The lowest BCUT2D eigenvalue weighted by Gasteiger charge is -2.09. The number of methoxy groups -OCH3 is 1. The average molecular weight is 320 g/mol. The number of anilines is 1. The van der Waals surface area contributed by atoms with Crippen molar-refractivity contribution in [2.45, 2.75) is 13.3 Å². The van der Waals surface area contributed by atoms with Crippen LogP contribution in [0.2, 0.25) is 0 Å². The van der Waals surface area contributed by atoms with E-state index in [2.05, 4.69) is 58.5 Å². The van der Waals surface area contributed by atoms with E-state index in [9.17, 15) is 0 Å². The molecular weight excluding hydrogens is 302 g/mol. The molecule has 100 valence electrons. The first-order valence-corrected chi connectivity index (χ1v) is 7.11. The lowest BCUT2D eigenvalue weighted by atomic mass is 10.1. The summed E-state index contributed by atoms with van der Waals surface area (Å²) in [6, 6.07) is 14.5. The van der Waals surface area contributed by atoms with Crippen LogP contribution in [0.4, 0.5) is 5.69 Å². The van der Waals surface area contributed by atoms with Crippen LogP contribution in [0.25, 0.3) is 0 Å². The Morgan fingerprint density at radius 2 is 1.84 bits per heavy atom. The summed E-state index contributed by atoms with van der Waals surface area (Å²) in [5, 5.41) is 3.44. The van der Waals surface area contributed by atoms with Gasteiger partial charge in [0.15, 0.2) is 0 Å². The van der Waals surface area contributed by atoms with Crippen molar-refractivity contribution in [2.24, 2.45) is 0 Å². The molecule has 2 nitrogen and oxygen atoms in total. The molecule has 0 aromatic heterocycles. The topological polar surface area (TPSA) is 21.3 Å². The largest absolute Gasteiger partial charge is 0.497 e. The lowest BCUT2D eigenvalue weighted by Crippen LogP contribution is -2.05. The lowest BCUT2D eigenvalue weighted by molar-refractivity contribution is 0.414. The van der Waals surface area contributed by atoms with Crippen LogP contribution >= 0.6 is 15.9 Å². The van der Waals surface area contributed by atoms with Gasteiger partial charge in [0.1, 0.15) is 5.75 Å². The van der Waals surface area contributed by atoms with Crippen molar-refractivity contribution < 1.29 is 4.74 Å². The zero-order chi connectivity index (χ0) is 13.7. The third-order valence-corrected chi connectivity index (χ3v) is 3.67. The molecule has 0 heterocycles. The zero-order valence-electron chi connectivity index (χ0n) is 11.2. The van der Waals surface area contributed by atoms with Gasteiger partial charge >= 0.3 is 0 Å². The van der Waals surface area contributed by atoms with Crippen molar-refractivity contribution in [1.82, 2.24) is 0 Å². The number of ether oxygens (including phenoxy) is 1. The summed E-state index contributed by atoms with van der Waals surface area (Å²) in [6.45, 7) is 3.00. The van der Waals surface area contributed by atoms with Crippen LogP contribution < -0.4 is 10.1 Å². The maximum atomic E-state index is 5.15. The maximum absolute atomic E-state index is 5.15. The van der Waals surface area contributed by atoms with Crippen molar-refractivity contribution in [2.75, 3.05) is 19.0 Å². The number of aryl methyl sites for hydroxylation is 1. The van der Waals surface area contributed by atoms with E-state index in [1.54, 1.807) is 7.11 Å². The van der Waals surface area contributed by atoms with E-state index in [-0.39, 0.29) is 0 Å². The first-order valence-electron chi connectivity index (χ1n) is 6.32. The normalized spacial score (nSPS) is 10.3. The number of rotatable bonds is 5. The molecule has 2 aromatic rings. The molecule has 0 spiro atoms. The van der Waals surface area contributed by atoms with Gasteiger partial charge in [-0.1, -0.05) is 18.2 Å². The highest BCUT2D eigenvalue weighted by atomic mass is 79.9. The van der Waals surface area contributed by atoms with Crippen molar-refractivity contribution >= 4 is 21.6 Å². The Morgan fingerprint density at radius 3 is 2.47 bits per heavy atom. The van der Waals surface area contributed by atoms with Crippen LogP contribution in [0.3, 0.4) is 0 Å². The molecule has 0 saturated carbocycles. The molecule has 0 aliphatic rings. The van der Waals surface area contributed by atoms with E-state index in [0.717, 1.165) is 28.9 Å². The first-order chi connectivity index (χ1) is 9.19. The van der Waals surface area contributed by atoms with Gasteiger partial charge in [-0.05, 0) is 64.7 Å². The number of nitrogens with one attached hydrogen (secondary N) is 1. The van der Waals surface area contributed by atoms with Crippen LogP contribution in [-0.4, -0.2) is 13.7 Å². The minimum Gasteiger partial charge on any atom is -0.497 e. The van der Waals surface area contributed by atoms with Crippen molar-refractivity contribution in [3.63, 3.8) is 0 Å². The molecule has 0 aliphatic carbocycles. The zero-order valence-corrected chi connectivity index (χ0v) is 12.8. The van der Waals surface area contributed by atoms with Gasteiger partial charge in [-0.15, -0.1) is 0 Å². The molecule has 2 rings (SSSR count). The van der Waals surface area contributed by atoms with Crippen LogP contribution in [0.1, 0.15) is 11.1 Å². The highest BCUT2D eigenvalue weighted by molar-refractivity contribution is 9.10. The number of benzene rings is 2. The maximum Gasteiger partial charge on any atom is 0.118 e. The Labute approximate surface area is 122 Å². The Bertz CT molecular complexity index is 537. The van der Waals surface area contributed by atoms with Gasteiger partial charge in [0, 0.05) is 16.7 Å². The summed E-state index contributed by atoms with van der Waals surface area (Å²) in [7, 11) is 1.69. The van der Waals surface area contributed by atoms with Crippen molar-refractivity contribution in [3.05, 3.63) is 58.1 Å². The fourth-order valence-electron chi connectivity index (χ4n) is 1.90. The summed E-state index contributed by atoms with van der Waals surface area (Å²) < 4.78 is 6.26. The minimum atomic E-state index is 0.901. The predicted molar refractivity (Wildman–Crippen MR) is 84.1 cm³/mol. The standard InChI is InChI=1S/C16H18BrNO/c1-12-3-8-16(15(17)11-12)18-10-9-13-4-6-14(19-2)7-5-13/h3-8,11,18H,9-10H2,1-2H3. The Balaban J connectivity index is 1.88. The fraction of sp³-hybridized carbons (Fsp3) is 0.250. The quantitative estimate of drug-likeness (QED) is 0.880. The highest BCUT2D eigenvalue weighted by Gasteiger charge is 1.99. The fourth-order valence-corrected chi connectivity index (χ4v) is 2.53. The number of hydrogen-bond donors (Lipinski definition) is 1. The Hall–Kier alpha value is -1.48. The molecule has 2 aromatic carbocycles. The third kappa shape index (κ3) is 4.00. The second-order valence-electron chi connectivity index (χ2n) is 4.51. The Kier molecular flexibility index (Phi) is 4.86. The van der Waals surface area contributed by atoms with Crippen LogP contribution in [0.5, 0.6) is 5.75 Å². The molecular formula is C16H18BrNO. The molecule has 0 bridgehead atoms. The molecule has 0 fully saturated rings. The first kappa shape index (κ1) is 13.9. The monoisotopic (exact) mass is 319 g/mol. The molecule has 0 amide bonds. The SMILES string of the molecule is COc1ccc(CCNc2ccc(C)cc2Br)cc1. The van der Waals surface area contributed by atoms with Gasteiger partial charge in [-0.3, -0.25) is 0 Å². The van der Waals surface area contributed by atoms with E-state index >= 15 is 0 Å². The highest BCUT2D eigenvalue weighted by Crippen LogP contribution is 2.23. The van der Waals surface area contributed by atoms with Crippen molar-refractivity contribution in [3.8, 4) is 5.75 Å². The summed E-state index contributed by atoms with van der Waals surface area (Å²) in [4.78, 5) is 0. The molecule has 0 aliphatic heterocycles. The van der Waals surface area contributed by atoms with E-state index in [0.29, 0.717) is 0 Å². The van der Waals surface area contributed by atoms with Gasteiger partial charge in [-0.2, -0.15) is 0 Å². The summed E-state index contributed by atoms with van der Waals surface area (Å²) in [6.07, 6.45) is 0.990. The number of hydrogen-bond acceptors (Lipinski definition) is 2. The van der Waals surface area contributed by atoms with Gasteiger partial charge in [0.25, 0.3) is 0 Å². The van der Waals surface area contributed by atoms with Gasteiger partial charge < -0.3 is 10.1 Å². The third-order valence-electron chi connectivity index (χ3n) is 3.01. The van der Waals surface area contributed by atoms with Gasteiger partial charge in [-0.25, -0.2) is 0 Å². The van der Waals surface area contributed by atoms with E-state index in [1.807, 2.05) is 12.1 Å². The molecule has 0 saturated heterocycles. The summed E-state index contributed by atoms with van der Waals surface area (Å²) >= 11 is 3.57. The molecule has 19 heavy (non-hydrogen) atoms. The molecule has 1 N–H and O–H groups in total. The van der Waals surface area contributed by atoms with E-state index in [4.69, 9.17) is 4.74 Å². The minimum absolute atomic E-state index is 0.901. The van der Waals surface area contributed by atoms with Crippen molar-refractivity contribution in [1.29, 1.82) is 0 Å². The van der Waals surface area contributed by atoms with Crippen LogP contribution in [-0.2, 0) is 6.42 Å². The molecule has 0 unspecified atom stereocenters. The molecule has 3 heteroatoms. The second-order valence-corrected chi connectivity index (χ2v) is 5.36. The molecule has 0 atom stereocenters. The Morgan fingerprint density at radius 1 is 1.11 bits per heavy atom. The number of halogens is 1. The van der Waals surface area contributed by atoms with Crippen LogP contribution in [0.15, 0.2) is 46.9 Å². The predicted octanol–water partition coefficient (Wildman–Crippen LogP) is 4.42. The smallest absolute Gasteiger partial charge is 0.118 e. The van der Waals surface area contributed by atoms with Gasteiger partial charge in [0.2, 0.25) is 0 Å². The molecule has 0 radical (unpaired) electrons. The van der Waals surface area contributed by atoms with E-state index < -0.39 is 0 Å². The average Bonchev–Trinajstić information content (AvgIpc) is 2.42. The summed E-state index contributed by atoms with van der Waals surface area (Å²) in [5.41, 5.74) is 3.70. The van der Waals surface area contributed by atoms with Gasteiger partial charge in [0.05, 0.1) is 7.11 Å².